The third-order valence-corrected chi connectivity index (χ3v) is 10.0. The first-order chi connectivity index (χ1) is 29.1. The Morgan fingerprint density at radius 1 is 0.517 bits per heavy atom. The minimum Gasteiger partial charge on any atom is -0.477 e. The number of rotatable bonds is 41. The lowest BCUT2D eigenvalue weighted by molar-refractivity contribution is -0.887. The van der Waals surface area contributed by atoms with Crippen LogP contribution in [0.4, 0.5) is 0 Å². The number of carbonyl (C=O) groups excluding carboxylic acids is 2. The van der Waals surface area contributed by atoms with Gasteiger partial charge in [-0.05, 0) is 77.0 Å². The van der Waals surface area contributed by atoms with Gasteiger partial charge >= 0.3 is 17.9 Å². The number of quaternary nitrogens is 1. The molecule has 0 heterocycles. The van der Waals surface area contributed by atoms with E-state index in [1.165, 1.54) is 77.0 Å². The summed E-state index contributed by atoms with van der Waals surface area (Å²) in [5.41, 5.74) is 0. The van der Waals surface area contributed by atoms with Gasteiger partial charge in [0.1, 0.15) is 6.61 Å². The van der Waals surface area contributed by atoms with E-state index >= 15 is 0 Å². The van der Waals surface area contributed by atoms with Gasteiger partial charge in [-0.3, -0.25) is 9.59 Å². The summed E-state index contributed by atoms with van der Waals surface area (Å²) >= 11 is 0. The minimum atomic E-state index is -0.890. The predicted octanol–water partition coefficient (Wildman–Crippen LogP) is 13.3. The van der Waals surface area contributed by atoms with Gasteiger partial charge in [0.05, 0.1) is 34.4 Å². The summed E-state index contributed by atoms with van der Waals surface area (Å²) in [7, 11) is 5.50. The van der Waals surface area contributed by atoms with Crippen molar-refractivity contribution in [3.8, 4) is 0 Å². The second-order valence-electron chi connectivity index (χ2n) is 16.6. The number of likely N-dealkylation sites (N-methyl/N-ethyl adjacent to an activating group) is 1. The molecule has 0 saturated heterocycles. The Labute approximate surface area is 367 Å². The van der Waals surface area contributed by atoms with Crippen molar-refractivity contribution in [2.24, 2.45) is 0 Å². The summed E-state index contributed by atoms with van der Waals surface area (Å²) in [6, 6.07) is -0.632. The molecule has 8 heteroatoms. The summed E-state index contributed by atoms with van der Waals surface area (Å²) in [6.07, 6.45) is 55.0. The van der Waals surface area contributed by atoms with Gasteiger partial charge in [-0.25, -0.2) is 4.79 Å². The van der Waals surface area contributed by atoms with Crippen LogP contribution in [0.3, 0.4) is 0 Å². The first-order valence-corrected chi connectivity index (χ1v) is 23.6. The number of unbranched alkanes of at least 4 members (excludes halogenated alkanes) is 13. The van der Waals surface area contributed by atoms with Gasteiger partial charge in [-0.15, -0.1) is 0 Å². The van der Waals surface area contributed by atoms with E-state index in [0.717, 1.165) is 57.8 Å². The standard InChI is InChI=1S/C52H87NO7/c1-6-8-10-12-14-16-18-20-22-24-25-27-29-31-33-35-37-39-41-43-51(55)60-48(46-58-45-44-49(52(56)57)53(3,4)5)47-59-50(54)42-40-38-36-34-32-30-28-26-23-21-19-17-15-13-11-9-7-2/h8,10,14,16,20-23,25,27,31,33,37,39,48-49H,6-7,9,11-13,15,17-19,24,26,28-30,32,34-36,38,40-47H2,1-5H3/p+1/b10-8-,16-14-,22-20-,23-21-,27-25-,33-31-,39-37-. The second kappa shape index (κ2) is 42.2. The number of nitrogens with zero attached hydrogens (tertiary/aromatic N) is 1. The van der Waals surface area contributed by atoms with E-state index in [-0.39, 0.29) is 36.7 Å². The SMILES string of the molecule is CC/C=C\C/C=C\C/C=C\C/C=C\C/C=C\C/C=C\CCC(=O)OC(COCCC(C(=O)O)[N+](C)(C)C)COC(=O)CCCCCCCCC/C=C\CCCCCCCC. The number of ether oxygens (including phenoxy) is 3. The van der Waals surface area contributed by atoms with E-state index in [9.17, 15) is 19.5 Å². The van der Waals surface area contributed by atoms with Gasteiger partial charge in [-0.2, -0.15) is 0 Å². The molecule has 0 aliphatic heterocycles. The van der Waals surface area contributed by atoms with Crippen LogP contribution in [-0.4, -0.2) is 80.6 Å². The Bertz CT molecular complexity index is 1250. The van der Waals surface area contributed by atoms with Crippen molar-refractivity contribution in [1.29, 1.82) is 0 Å². The van der Waals surface area contributed by atoms with E-state index in [4.69, 9.17) is 14.2 Å². The van der Waals surface area contributed by atoms with Gasteiger partial charge in [0.15, 0.2) is 12.1 Å². The predicted molar refractivity (Wildman–Crippen MR) is 252 cm³/mol. The Balaban J connectivity index is 4.45. The molecule has 0 aromatic rings. The molecule has 0 fully saturated rings. The molecule has 2 unspecified atom stereocenters. The van der Waals surface area contributed by atoms with Gasteiger partial charge < -0.3 is 23.8 Å². The molecule has 1 N–H and O–H groups in total. The number of carboxylic acid groups (broad SMARTS) is 1. The van der Waals surface area contributed by atoms with Crippen molar-refractivity contribution < 1.29 is 38.2 Å². The van der Waals surface area contributed by atoms with Gasteiger partial charge in [0.2, 0.25) is 0 Å². The summed E-state index contributed by atoms with van der Waals surface area (Å²) in [5.74, 6) is -1.59. The zero-order valence-electron chi connectivity index (χ0n) is 38.9. The lowest BCUT2D eigenvalue weighted by Crippen LogP contribution is -2.50. The average molecular weight is 839 g/mol. The normalized spacial score (nSPS) is 13.7. The van der Waals surface area contributed by atoms with Gasteiger partial charge in [0.25, 0.3) is 0 Å². The maximum atomic E-state index is 12.7. The van der Waals surface area contributed by atoms with Gasteiger partial charge in [-0.1, -0.05) is 163 Å². The highest BCUT2D eigenvalue weighted by Crippen LogP contribution is 2.13. The summed E-state index contributed by atoms with van der Waals surface area (Å²) in [4.78, 5) is 37.0. The Kier molecular flexibility index (Phi) is 39.8. The molecule has 0 bridgehead atoms. The third-order valence-electron chi connectivity index (χ3n) is 10.0. The number of aliphatic carboxylic acids is 1. The number of esters is 2. The summed E-state index contributed by atoms with van der Waals surface area (Å²) in [5, 5.41) is 9.63. The molecule has 0 radical (unpaired) electrons. The molecule has 2 atom stereocenters. The maximum absolute atomic E-state index is 12.7. The Morgan fingerprint density at radius 2 is 0.967 bits per heavy atom. The lowest BCUT2D eigenvalue weighted by atomic mass is 10.1. The highest BCUT2D eigenvalue weighted by Gasteiger charge is 2.31. The smallest absolute Gasteiger partial charge is 0.362 e. The highest BCUT2D eigenvalue weighted by molar-refractivity contribution is 5.72. The van der Waals surface area contributed by atoms with Crippen LogP contribution in [0.2, 0.25) is 0 Å². The van der Waals surface area contributed by atoms with Gasteiger partial charge in [0, 0.05) is 19.3 Å². The van der Waals surface area contributed by atoms with Crippen molar-refractivity contribution in [3.63, 3.8) is 0 Å². The van der Waals surface area contributed by atoms with E-state index in [0.29, 0.717) is 19.3 Å². The van der Waals surface area contributed by atoms with Crippen LogP contribution in [-0.2, 0) is 28.6 Å². The molecule has 0 aliphatic rings. The van der Waals surface area contributed by atoms with E-state index in [2.05, 4.69) is 86.8 Å². The van der Waals surface area contributed by atoms with E-state index in [1.807, 2.05) is 33.3 Å². The Morgan fingerprint density at radius 3 is 1.45 bits per heavy atom. The van der Waals surface area contributed by atoms with Crippen LogP contribution in [0.1, 0.15) is 174 Å². The third kappa shape index (κ3) is 39.9. The average Bonchev–Trinajstić information content (AvgIpc) is 3.21. The Hall–Kier alpha value is -3.49. The van der Waals surface area contributed by atoms with Crippen LogP contribution in [0, 0.1) is 0 Å². The number of hydrogen-bond donors (Lipinski definition) is 1. The van der Waals surface area contributed by atoms with Crippen LogP contribution in [0.15, 0.2) is 85.1 Å². The second-order valence-corrected chi connectivity index (χ2v) is 16.6. The fraction of sp³-hybridized carbons (Fsp3) is 0.673. The first-order valence-electron chi connectivity index (χ1n) is 23.6. The maximum Gasteiger partial charge on any atom is 0.362 e. The fourth-order valence-corrected chi connectivity index (χ4v) is 6.41. The molecule has 60 heavy (non-hydrogen) atoms. The molecule has 342 valence electrons. The molecule has 0 saturated carbocycles. The monoisotopic (exact) mass is 839 g/mol. The number of carbonyl (C=O) groups is 3. The minimum absolute atomic E-state index is 0.0251. The summed E-state index contributed by atoms with van der Waals surface area (Å²) in [6.45, 7) is 4.53. The molecule has 0 aromatic heterocycles. The topological polar surface area (TPSA) is 99.1 Å². The fourth-order valence-electron chi connectivity index (χ4n) is 6.41. The number of hydrogen-bond acceptors (Lipinski definition) is 6. The van der Waals surface area contributed by atoms with Crippen molar-refractivity contribution >= 4 is 17.9 Å². The number of allylic oxidation sites excluding steroid dienone is 14. The molecule has 0 aliphatic carbocycles. The molecule has 0 rings (SSSR count). The highest BCUT2D eigenvalue weighted by atomic mass is 16.6. The van der Waals surface area contributed by atoms with Crippen LogP contribution < -0.4 is 0 Å². The molecule has 0 spiro atoms. The zero-order valence-corrected chi connectivity index (χ0v) is 38.9. The zero-order chi connectivity index (χ0) is 44.2. The lowest BCUT2D eigenvalue weighted by Gasteiger charge is -2.31. The molecule has 8 nitrogen and oxygen atoms in total. The molecular weight excluding hydrogens is 751 g/mol. The van der Waals surface area contributed by atoms with E-state index in [1.54, 1.807) is 0 Å². The quantitative estimate of drug-likeness (QED) is 0.0283. The van der Waals surface area contributed by atoms with E-state index < -0.39 is 24.1 Å². The van der Waals surface area contributed by atoms with Crippen LogP contribution in [0.5, 0.6) is 0 Å². The summed E-state index contributed by atoms with van der Waals surface area (Å²) < 4.78 is 17.2. The van der Waals surface area contributed by atoms with Crippen LogP contribution in [0.25, 0.3) is 0 Å². The molecule has 0 aromatic carbocycles. The first kappa shape index (κ1) is 56.5. The number of carboxylic acids is 1. The van der Waals surface area contributed by atoms with Crippen molar-refractivity contribution in [3.05, 3.63) is 85.1 Å². The van der Waals surface area contributed by atoms with Crippen molar-refractivity contribution in [2.45, 2.75) is 187 Å². The van der Waals surface area contributed by atoms with Crippen molar-refractivity contribution in [1.82, 2.24) is 0 Å². The largest absolute Gasteiger partial charge is 0.477 e. The van der Waals surface area contributed by atoms with Crippen LogP contribution >= 0.6 is 0 Å². The van der Waals surface area contributed by atoms with Crippen molar-refractivity contribution in [2.75, 3.05) is 41.0 Å². The molecular formula is C52H88NO7+. The molecule has 0 amide bonds.